The third-order valence-electron chi connectivity index (χ3n) is 6.74. The fraction of sp³-hybridized carbons (Fsp3) is 0.640. The van der Waals surface area contributed by atoms with Gasteiger partial charge in [0.1, 0.15) is 0 Å². The van der Waals surface area contributed by atoms with Crippen LogP contribution in [0.2, 0.25) is 5.02 Å². The molecule has 1 aromatic carbocycles. The minimum absolute atomic E-state index is 0.0136. The number of esters is 1. The van der Waals surface area contributed by atoms with Crippen LogP contribution in [0, 0.1) is 17.8 Å². The van der Waals surface area contributed by atoms with E-state index in [4.69, 9.17) is 21.1 Å². The Bertz CT molecular complexity index is 736. The smallest absolute Gasteiger partial charge is 0.305 e. The van der Waals surface area contributed by atoms with E-state index in [1.54, 1.807) is 0 Å². The van der Waals surface area contributed by atoms with Crippen LogP contribution in [-0.2, 0) is 20.7 Å². The van der Waals surface area contributed by atoms with E-state index < -0.39 is 12.2 Å². The predicted octanol–water partition coefficient (Wildman–Crippen LogP) is 4.33. The van der Waals surface area contributed by atoms with E-state index in [0.717, 1.165) is 37.7 Å². The van der Waals surface area contributed by atoms with Gasteiger partial charge >= 0.3 is 5.97 Å². The van der Waals surface area contributed by atoms with Crippen molar-refractivity contribution in [2.75, 3.05) is 13.7 Å². The molecule has 2 N–H and O–H groups in total. The van der Waals surface area contributed by atoms with Crippen molar-refractivity contribution in [1.29, 1.82) is 0 Å². The van der Waals surface area contributed by atoms with Crippen molar-refractivity contribution in [3.63, 3.8) is 0 Å². The average Bonchev–Trinajstić information content (AvgIpc) is 2.92. The summed E-state index contributed by atoms with van der Waals surface area (Å²) in [6, 6.07) is 7.70. The van der Waals surface area contributed by atoms with Gasteiger partial charge in [-0.05, 0) is 68.1 Å². The molecule has 172 valence electrons. The quantitative estimate of drug-likeness (QED) is 0.432. The molecule has 1 aliphatic heterocycles. The number of ether oxygens (including phenoxy) is 2. The second kappa shape index (κ2) is 12.0. The number of carbonyl (C=O) groups is 1. The summed E-state index contributed by atoms with van der Waals surface area (Å²) in [5, 5.41) is 21.7. The number of carbonyl (C=O) groups excluding carboxylic acids is 1. The summed E-state index contributed by atoms with van der Waals surface area (Å²) in [5.41, 5.74) is 1.11. The summed E-state index contributed by atoms with van der Waals surface area (Å²) in [4.78, 5) is 11.3. The lowest BCUT2D eigenvalue weighted by Crippen LogP contribution is -2.21. The molecule has 1 heterocycles. The number of aliphatic hydroxyl groups is 2. The van der Waals surface area contributed by atoms with Gasteiger partial charge in [0, 0.05) is 30.4 Å². The maximum absolute atomic E-state index is 11.3. The predicted molar refractivity (Wildman–Crippen MR) is 121 cm³/mol. The van der Waals surface area contributed by atoms with E-state index in [-0.39, 0.29) is 23.9 Å². The molecule has 1 saturated carbocycles. The van der Waals surface area contributed by atoms with Gasteiger partial charge in [0.05, 0.1) is 25.4 Å². The first-order valence-corrected chi connectivity index (χ1v) is 11.8. The van der Waals surface area contributed by atoms with E-state index in [1.807, 2.05) is 36.4 Å². The lowest BCUT2D eigenvalue weighted by molar-refractivity contribution is -0.140. The van der Waals surface area contributed by atoms with Crippen LogP contribution in [0.25, 0.3) is 0 Å². The molecule has 1 aliphatic carbocycles. The van der Waals surface area contributed by atoms with Crippen LogP contribution < -0.4 is 0 Å². The Morgan fingerprint density at radius 1 is 1.39 bits per heavy atom. The molecule has 6 atom stereocenters. The van der Waals surface area contributed by atoms with Gasteiger partial charge in [-0.1, -0.05) is 35.9 Å². The Morgan fingerprint density at radius 3 is 3.00 bits per heavy atom. The number of aryl methyl sites for hydroxylation is 1. The first kappa shape index (κ1) is 24.2. The normalized spacial score (nSPS) is 29.5. The zero-order valence-corrected chi connectivity index (χ0v) is 19.0. The van der Waals surface area contributed by atoms with E-state index in [1.165, 1.54) is 7.11 Å². The van der Waals surface area contributed by atoms with Gasteiger partial charge in [0.25, 0.3) is 0 Å². The lowest BCUT2D eigenvalue weighted by Gasteiger charge is -2.21. The maximum atomic E-state index is 11.3. The number of rotatable bonds is 9. The number of benzene rings is 1. The molecule has 0 aromatic heterocycles. The molecule has 0 spiro atoms. The topological polar surface area (TPSA) is 76.0 Å². The molecule has 2 aliphatic rings. The minimum Gasteiger partial charge on any atom is -0.469 e. The lowest BCUT2D eigenvalue weighted by atomic mass is 9.86. The molecule has 6 heteroatoms. The number of aliphatic hydroxyl groups excluding tert-OH is 2. The second-order valence-corrected chi connectivity index (χ2v) is 9.39. The van der Waals surface area contributed by atoms with Crippen molar-refractivity contribution in [1.82, 2.24) is 0 Å². The minimum atomic E-state index is -0.553. The Morgan fingerprint density at radius 2 is 2.23 bits per heavy atom. The molecule has 5 nitrogen and oxygen atoms in total. The average molecular weight is 451 g/mol. The van der Waals surface area contributed by atoms with E-state index >= 15 is 0 Å². The first-order valence-electron chi connectivity index (χ1n) is 11.4. The summed E-state index contributed by atoms with van der Waals surface area (Å²) in [7, 11) is 1.42. The van der Waals surface area contributed by atoms with Crippen LogP contribution in [0.15, 0.2) is 36.4 Å². The molecule has 0 amide bonds. The van der Waals surface area contributed by atoms with Crippen LogP contribution in [0.5, 0.6) is 0 Å². The van der Waals surface area contributed by atoms with Crippen LogP contribution in [0.3, 0.4) is 0 Å². The molecule has 31 heavy (non-hydrogen) atoms. The van der Waals surface area contributed by atoms with Crippen molar-refractivity contribution in [3.8, 4) is 0 Å². The van der Waals surface area contributed by atoms with Crippen LogP contribution in [0.1, 0.15) is 50.5 Å². The van der Waals surface area contributed by atoms with Crippen molar-refractivity contribution in [2.45, 2.75) is 69.7 Å². The molecule has 3 rings (SSSR count). The SMILES string of the molecule is COC(=O)CCC[C@H]1CC[C@@H]2[C@@H](/C=C/[C@@H](O)CCc3cccc(Cl)c3)[C@H](O)C[C@@H]2OC1. The zero-order valence-electron chi connectivity index (χ0n) is 18.3. The fourth-order valence-corrected chi connectivity index (χ4v) is 5.15. The largest absolute Gasteiger partial charge is 0.469 e. The van der Waals surface area contributed by atoms with Gasteiger partial charge in [-0.25, -0.2) is 0 Å². The number of hydrogen-bond donors (Lipinski definition) is 2. The van der Waals surface area contributed by atoms with Gasteiger partial charge in [-0.3, -0.25) is 4.79 Å². The number of methoxy groups -OCH3 is 1. The molecular weight excluding hydrogens is 416 g/mol. The summed E-state index contributed by atoms with van der Waals surface area (Å²) in [5.74, 6) is 0.575. The van der Waals surface area contributed by atoms with Crippen molar-refractivity contribution in [3.05, 3.63) is 47.0 Å². The Hall–Kier alpha value is -1.40. The highest BCUT2D eigenvalue weighted by Gasteiger charge is 2.43. The third kappa shape index (κ3) is 7.31. The van der Waals surface area contributed by atoms with Gasteiger partial charge in [-0.15, -0.1) is 0 Å². The molecule has 1 aromatic rings. The third-order valence-corrected chi connectivity index (χ3v) is 6.97. The Kier molecular flexibility index (Phi) is 9.39. The van der Waals surface area contributed by atoms with Crippen LogP contribution >= 0.6 is 11.6 Å². The van der Waals surface area contributed by atoms with Gasteiger partial charge in [0.2, 0.25) is 0 Å². The maximum Gasteiger partial charge on any atom is 0.305 e. The van der Waals surface area contributed by atoms with Crippen molar-refractivity contribution < 1.29 is 24.5 Å². The Balaban J connectivity index is 1.48. The summed E-state index contributed by atoms with van der Waals surface area (Å²) in [6.07, 6.45) is 9.20. The summed E-state index contributed by atoms with van der Waals surface area (Å²) < 4.78 is 10.9. The van der Waals surface area contributed by atoms with Crippen molar-refractivity contribution in [2.24, 2.45) is 17.8 Å². The molecular formula is C25H35ClO5. The van der Waals surface area contributed by atoms with E-state index in [0.29, 0.717) is 36.8 Å². The van der Waals surface area contributed by atoms with Crippen LogP contribution in [0.4, 0.5) is 0 Å². The highest BCUT2D eigenvalue weighted by molar-refractivity contribution is 6.30. The van der Waals surface area contributed by atoms with Crippen molar-refractivity contribution >= 4 is 17.6 Å². The first-order chi connectivity index (χ1) is 15.0. The molecule has 0 radical (unpaired) electrons. The highest BCUT2D eigenvalue weighted by atomic mass is 35.5. The van der Waals surface area contributed by atoms with Gasteiger partial charge in [-0.2, -0.15) is 0 Å². The Labute approximate surface area is 190 Å². The van der Waals surface area contributed by atoms with Gasteiger partial charge in [0.15, 0.2) is 0 Å². The second-order valence-electron chi connectivity index (χ2n) is 8.95. The molecule has 2 fully saturated rings. The van der Waals surface area contributed by atoms with E-state index in [9.17, 15) is 15.0 Å². The summed E-state index contributed by atoms with van der Waals surface area (Å²) in [6.45, 7) is 0.688. The number of hydrogen-bond acceptors (Lipinski definition) is 5. The number of halogens is 1. The van der Waals surface area contributed by atoms with E-state index in [2.05, 4.69) is 0 Å². The number of fused-ring (bicyclic) bond motifs is 1. The summed E-state index contributed by atoms with van der Waals surface area (Å²) >= 11 is 6.02. The standard InChI is InChI=1S/C25H35ClO5/c1-30-25(29)7-3-5-18-9-12-22-21(23(28)15-24(22)31-16-18)13-11-20(27)10-8-17-4-2-6-19(26)14-17/h2,4,6,11,13-14,18,20-24,27-28H,3,5,7-10,12,15-16H2,1H3/b13-11+/t18-,20-,21+,22+,23+,24-/m0/s1. The zero-order chi connectivity index (χ0) is 22.2. The fourth-order valence-electron chi connectivity index (χ4n) is 4.94. The monoisotopic (exact) mass is 450 g/mol. The molecule has 1 saturated heterocycles. The molecule has 0 unspecified atom stereocenters. The van der Waals surface area contributed by atoms with Crippen LogP contribution in [-0.4, -0.2) is 48.2 Å². The highest BCUT2D eigenvalue weighted by Crippen LogP contribution is 2.42. The van der Waals surface area contributed by atoms with Gasteiger partial charge < -0.3 is 19.7 Å². The molecule has 0 bridgehead atoms.